The van der Waals surface area contributed by atoms with E-state index >= 15 is 0 Å². The van der Waals surface area contributed by atoms with E-state index in [2.05, 4.69) is 41.9 Å². The summed E-state index contributed by atoms with van der Waals surface area (Å²) in [6, 6.07) is 9.69. The summed E-state index contributed by atoms with van der Waals surface area (Å²) in [4.78, 5) is 0. The number of rotatable bonds is 7. The monoisotopic (exact) mass is 556 g/mol. The minimum atomic E-state index is 0.913. The molecule has 0 N–H and O–H groups in total. The van der Waals surface area contributed by atoms with Crippen LogP contribution in [0.25, 0.3) is 30.9 Å². The topological polar surface area (TPSA) is 0 Å². The predicted molar refractivity (Wildman–Crippen MR) is 117 cm³/mol. The summed E-state index contributed by atoms with van der Waals surface area (Å²) in [5.41, 5.74) is 1.62. The zero-order chi connectivity index (χ0) is 17.2. The van der Waals surface area contributed by atoms with Crippen molar-refractivity contribution in [3.05, 3.63) is 40.6 Å². The van der Waals surface area contributed by atoms with Crippen molar-refractivity contribution in [2.24, 2.45) is 0 Å². The molecule has 0 bridgehead atoms. The van der Waals surface area contributed by atoms with Crippen LogP contribution in [0, 0.1) is 0 Å². The van der Waals surface area contributed by atoms with E-state index in [1.165, 1.54) is 75.9 Å². The van der Waals surface area contributed by atoms with Gasteiger partial charge in [0.2, 0.25) is 0 Å². The van der Waals surface area contributed by atoms with Gasteiger partial charge in [0, 0.05) is 0 Å². The Kier molecular flexibility index (Phi) is 5.78. The molecule has 2 aromatic carbocycles. The second-order valence-electron chi connectivity index (χ2n) is 6.94. The molecule has 25 heavy (non-hydrogen) atoms. The molecule has 126 valence electrons. The molecule has 0 aliphatic carbocycles. The Morgan fingerprint density at radius 2 is 1.36 bits per heavy atom. The van der Waals surface area contributed by atoms with Gasteiger partial charge < -0.3 is 0 Å². The van der Waals surface area contributed by atoms with E-state index in [1.54, 1.807) is 8.69 Å². The molecule has 0 fully saturated rings. The Labute approximate surface area is 173 Å². The molecule has 0 aliphatic rings. The van der Waals surface area contributed by atoms with Crippen molar-refractivity contribution >= 4 is 82.5 Å². The van der Waals surface area contributed by atoms with Gasteiger partial charge in [-0.15, -0.1) is 0 Å². The van der Waals surface area contributed by atoms with Crippen LogP contribution >= 0.6 is 22.7 Å². The Bertz CT molecular complexity index is 1010. The maximum atomic E-state index is 2.53. The summed E-state index contributed by atoms with van der Waals surface area (Å²) >= 11 is 4.70. The normalized spacial score (nSPS) is 11.8. The molecule has 4 aromatic rings. The van der Waals surface area contributed by atoms with Gasteiger partial charge in [-0.2, -0.15) is 0 Å². The Balaban J connectivity index is 1.68. The first kappa shape index (κ1) is 17.9. The van der Waals surface area contributed by atoms with Crippen molar-refractivity contribution in [2.75, 3.05) is 0 Å². The van der Waals surface area contributed by atoms with Crippen LogP contribution in [0.5, 0.6) is 0 Å². The molecular formula is C22H23S2Tl. The fraction of sp³-hybridized carbons (Fsp3) is 0.364. The van der Waals surface area contributed by atoms with Gasteiger partial charge in [0.15, 0.2) is 0 Å². The van der Waals surface area contributed by atoms with Crippen LogP contribution < -0.4 is 3.12 Å². The summed E-state index contributed by atoms with van der Waals surface area (Å²) in [6.07, 6.45) is 9.56. The third kappa shape index (κ3) is 3.54. The number of hydrogen-bond donors (Lipinski definition) is 0. The van der Waals surface area contributed by atoms with Crippen molar-refractivity contribution in [1.29, 1.82) is 0 Å². The summed E-state index contributed by atoms with van der Waals surface area (Å²) in [5.74, 6) is 0. The Hall–Kier alpha value is -0.458. The van der Waals surface area contributed by atoms with Crippen molar-refractivity contribution in [2.45, 2.75) is 51.9 Å². The molecule has 0 aliphatic heterocycles. The quantitative estimate of drug-likeness (QED) is 0.171. The van der Waals surface area contributed by atoms with Crippen LogP contribution in [0.1, 0.15) is 51.0 Å². The van der Waals surface area contributed by atoms with Crippen LogP contribution in [0.15, 0.2) is 35.0 Å². The van der Waals surface area contributed by atoms with Crippen LogP contribution in [-0.4, -0.2) is 25.8 Å². The van der Waals surface area contributed by atoms with Crippen molar-refractivity contribution in [1.82, 2.24) is 0 Å². The first-order valence-corrected chi connectivity index (χ1v) is 13.4. The number of benzene rings is 2. The molecule has 0 saturated carbocycles. The number of fused-ring (bicyclic) bond motifs is 6. The molecule has 0 saturated heterocycles. The zero-order valence-corrected chi connectivity index (χ0v) is 20.9. The zero-order valence-electron chi connectivity index (χ0n) is 14.8. The first-order valence-electron chi connectivity index (χ1n) is 9.38. The van der Waals surface area contributed by atoms with Gasteiger partial charge >= 0.3 is 175 Å². The third-order valence-electron chi connectivity index (χ3n) is 5.20. The number of hydrogen-bond acceptors (Lipinski definition) is 2. The number of thiophene rings is 2. The summed E-state index contributed by atoms with van der Waals surface area (Å²) in [7, 11) is 0. The molecule has 0 unspecified atom stereocenters. The molecule has 0 atom stereocenters. The Morgan fingerprint density at radius 3 is 2.04 bits per heavy atom. The minimum absolute atomic E-state index is 0.913. The third-order valence-corrected chi connectivity index (χ3v) is 9.28. The van der Waals surface area contributed by atoms with Crippen LogP contribution in [-0.2, 0) is 6.42 Å². The summed E-state index contributed by atoms with van der Waals surface area (Å²) in [6.45, 7) is 2.29. The molecule has 2 aromatic heterocycles. The summed E-state index contributed by atoms with van der Waals surface area (Å²) in [5, 5.41) is 10.4. The van der Waals surface area contributed by atoms with Crippen molar-refractivity contribution < 1.29 is 0 Å². The maximum absolute atomic E-state index is 2.53. The molecule has 0 radical (unpaired) electrons. The van der Waals surface area contributed by atoms with Crippen molar-refractivity contribution in [3.63, 3.8) is 0 Å². The molecular weight excluding hydrogens is 533 g/mol. The molecule has 4 rings (SSSR count). The van der Waals surface area contributed by atoms with Crippen LogP contribution in [0.3, 0.4) is 0 Å². The molecule has 2 heterocycles. The van der Waals surface area contributed by atoms with Crippen LogP contribution in [0.2, 0.25) is 0 Å². The van der Waals surface area contributed by atoms with E-state index in [-0.39, 0.29) is 0 Å². The predicted octanol–water partition coefficient (Wildman–Crippen LogP) is 6.97. The second kappa shape index (κ2) is 8.05. The summed E-state index contributed by atoms with van der Waals surface area (Å²) < 4.78 is 4.58. The average molecular weight is 556 g/mol. The van der Waals surface area contributed by atoms with E-state index in [9.17, 15) is 0 Å². The van der Waals surface area contributed by atoms with Gasteiger partial charge in [-0.1, -0.05) is 0 Å². The van der Waals surface area contributed by atoms with Crippen molar-refractivity contribution in [3.8, 4) is 0 Å². The van der Waals surface area contributed by atoms with Gasteiger partial charge in [0.1, 0.15) is 0 Å². The molecule has 3 heteroatoms. The Morgan fingerprint density at radius 1 is 0.760 bits per heavy atom. The van der Waals surface area contributed by atoms with Gasteiger partial charge in [0.05, 0.1) is 0 Å². The van der Waals surface area contributed by atoms with Gasteiger partial charge in [-0.3, -0.25) is 0 Å². The fourth-order valence-electron chi connectivity index (χ4n) is 3.81. The van der Waals surface area contributed by atoms with Gasteiger partial charge in [0.25, 0.3) is 0 Å². The molecule has 0 amide bonds. The molecule has 0 spiro atoms. The van der Waals surface area contributed by atoms with Gasteiger partial charge in [-0.25, -0.2) is 0 Å². The standard InChI is InChI=1S/C22H23S2.Tl/c1-2-3-4-5-6-7-8-16-9-10-17-18-11-13-23-21(18)22-19(12-14-24-22)20(17)15-16;/h10-15H,2-8H2,1H3;. The van der Waals surface area contributed by atoms with E-state index in [0.29, 0.717) is 0 Å². The van der Waals surface area contributed by atoms with E-state index < -0.39 is 0 Å². The number of unbranched alkanes of at least 4 members (excludes halogenated alkanes) is 5. The van der Waals surface area contributed by atoms with E-state index in [1.807, 2.05) is 22.7 Å². The van der Waals surface area contributed by atoms with E-state index in [0.717, 1.165) is 25.8 Å². The first-order chi connectivity index (χ1) is 12.3. The van der Waals surface area contributed by atoms with E-state index in [4.69, 9.17) is 0 Å². The van der Waals surface area contributed by atoms with Crippen LogP contribution in [0.4, 0.5) is 0 Å². The molecule has 0 nitrogen and oxygen atoms in total. The van der Waals surface area contributed by atoms with Gasteiger partial charge in [-0.05, 0) is 0 Å². The second-order valence-corrected chi connectivity index (χ2v) is 11.2. The fourth-order valence-corrected chi connectivity index (χ4v) is 7.36. The SMILES string of the molecule is CCCCCCCCc1cc2c(c[c]1[Tl])c1ccsc1c1sccc21. The average Bonchev–Trinajstić information content (AvgIpc) is 3.27. The number of aryl methyl sites for hydroxylation is 1.